The molecule has 0 spiro atoms. The van der Waals surface area contributed by atoms with Gasteiger partial charge >= 0.3 is 0 Å². The molecule has 1 amide bonds. The third-order valence-corrected chi connectivity index (χ3v) is 3.25. The van der Waals surface area contributed by atoms with E-state index in [1.165, 1.54) is 18.4 Å². The van der Waals surface area contributed by atoms with E-state index in [0.717, 1.165) is 13.0 Å². The van der Waals surface area contributed by atoms with Crippen molar-refractivity contribution in [2.45, 2.75) is 38.6 Å². The van der Waals surface area contributed by atoms with Crippen molar-refractivity contribution in [2.75, 3.05) is 6.54 Å². The molecule has 0 unspecified atom stereocenters. The Labute approximate surface area is 97.3 Å². The van der Waals surface area contributed by atoms with Gasteiger partial charge in [-0.25, -0.2) is 0 Å². The molecule has 2 rings (SSSR count). The Kier molecular flexibility index (Phi) is 3.60. The maximum absolute atomic E-state index is 11.5. The predicted octanol–water partition coefficient (Wildman–Crippen LogP) is 3.15. The number of β-lactam (4-membered cyclic amide) rings is 1. The number of unbranched alkanes of at least 4 members (excludes halogenated alkanes) is 2. The number of nitrogens with zero attached hydrogens (tertiary/aromatic N) is 1. The van der Waals surface area contributed by atoms with Crippen molar-refractivity contribution >= 4 is 5.91 Å². The number of carbonyl (C=O) groups is 1. The summed E-state index contributed by atoms with van der Waals surface area (Å²) in [7, 11) is 0. The Morgan fingerprint density at radius 2 is 2.00 bits per heavy atom. The van der Waals surface area contributed by atoms with Gasteiger partial charge in [0.05, 0.1) is 12.5 Å². The van der Waals surface area contributed by atoms with E-state index in [-0.39, 0.29) is 0 Å². The van der Waals surface area contributed by atoms with Gasteiger partial charge in [0.25, 0.3) is 0 Å². The number of hydrogen-bond acceptors (Lipinski definition) is 1. The molecule has 0 bridgehead atoms. The monoisotopic (exact) mass is 217 g/mol. The zero-order valence-electron chi connectivity index (χ0n) is 9.86. The lowest BCUT2D eigenvalue weighted by Gasteiger charge is -2.41. The van der Waals surface area contributed by atoms with Gasteiger partial charge in [-0.05, 0) is 12.0 Å². The van der Waals surface area contributed by atoms with E-state index in [1.807, 2.05) is 23.1 Å². The third kappa shape index (κ3) is 2.26. The highest BCUT2D eigenvalue weighted by Crippen LogP contribution is 2.34. The molecular formula is C14H19NO. The van der Waals surface area contributed by atoms with Crippen LogP contribution in [0.15, 0.2) is 30.3 Å². The van der Waals surface area contributed by atoms with Crippen LogP contribution in [0.25, 0.3) is 0 Å². The smallest absolute Gasteiger partial charge is 0.225 e. The second kappa shape index (κ2) is 5.15. The van der Waals surface area contributed by atoms with E-state index in [2.05, 4.69) is 19.1 Å². The van der Waals surface area contributed by atoms with Crippen LogP contribution in [0.1, 0.15) is 44.2 Å². The molecule has 0 aromatic heterocycles. The van der Waals surface area contributed by atoms with Crippen molar-refractivity contribution in [3.05, 3.63) is 35.9 Å². The van der Waals surface area contributed by atoms with Gasteiger partial charge in [-0.1, -0.05) is 50.1 Å². The molecule has 16 heavy (non-hydrogen) atoms. The summed E-state index contributed by atoms with van der Waals surface area (Å²) in [6.45, 7) is 3.11. The molecular weight excluding hydrogens is 198 g/mol. The molecule has 1 aromatic rings. The molecule has 1 heterocycles. The zero-order chi connectivity index (χ0) is 11.4. The first-order chi connectivity index (χ1) is 7.83. The molecule has 1 saturated heterocycles. The van der Waals surface area contributed by atoms with Crippen LogP contribution < -0.4 is 0 Å². The van der Waals surface area contributed by atoms with Gasteiger partial charge in [0.2, 0.25) is 5.91 Å². The van der Waals surface area contributed by atoms with E-state index in [1.54, 1.807) is 0 Å². The summed E-state index contributed by atoms with van der Waals surface area (Å²) >= 11 is 0. The highest BCUT2D eigenvalue weighted by Gasteiger charge is 2.36. The summed E-state index contributed by atoms with van der Waals surface area (Å²) in [6, 6.07) is 10.7. The first-order valence-corrected chi connectivity index (χ1v) is 6.17. The lowest BCUT2D eigenvalue weighted by atomic mass is 9.93. The molecule has 0 aliphatic carbocycles. The summed E-state index contributed by atoms with van der Waals surface area (Å²) in [5.41, 5.74) is 1.28. The molecule has 1 aliphatic rings. The zero-order valence-corrected chi connectivity index (χ0v) is 9.86. The highest BCUT2D eigenvalue weighted by atomic mass is 16.2. The van der Waals surface area contributed by atoms with Gasteiger partial charge in [-0.15, -0.1) is 0 Å². The predicted molar refractivity (Wildman–Crippen MR) is 65.0 cm³/mol. The van der Waals surface area contributed by atoms with Gasteiger partial charge in [-0.2, -0.15) is 0 Å². The average molecular weight is 217 g/mol. The van der Waals surface area contributed by atoms with Crippen LogP contribution in [-0.4, -0.2) is 17.4 Å². The maximum Gasteiger partial charge on any atom is 0.225 e. The van der Waals surface area contributed by atoms with Gasteiger partial charge in [0.15, 0.2) is 0 Å². The van der Waals surface area contributed by atoms with Crippen LogP contribution in [0.3, 0.4) is 0 Å². The minimum Gasteiger partial charge on any atom is -0.335 e. The number of amides is 1. The molecule has 86 valence electrons. The van der Waals surface area contributed by atoms with Crippen molar-refractivity contribution < 1.29 is 4.79 Å². The van der Waals surface area contributed by atoms with E-state index >= 15 is 0 Å². The largest absolute Gasteiger partial charge is 0.335 e. The summed E-state index contributed by atoms with van der Waals surface area (Å²) in [5.74, 6) is 0.310. The fourth-order valence-electron chi connectivity index (χ4n) is 2.24. The van der Waals surface area contributed by atoms with E-state index in [9.17, 15) is 4.79 Å². The second-order valence-electron chi connectivity index (χ2n) is 4.42. The molecule has 1 atom stereocenters. The quantitative estimate of drug-likeness (QED) is 0.548. The van der Waals surface area contributed by atoms with Crippen molar-refractivity contribution in [3.8, 4) is 0 Å². The average Bonchev–Trinajstić information content (AvgIpc) is 2.32. The van der Waals surface area contributed by atoms with E-state index < -0.39 is 0 Å². The number of hydrogen-bond donors (Lipinski definition) is 0. The Morgan fingerprint density at radius 1 is 1.25 bits per heavy atom. The number of likely N-dealkylation sites (tertiary alicyclic amines) is 1. The Bertz CT molecular complexity index is 347. The second-order valence-corrected chi connectivity index (χ2v) is 4.42. The van der Waals surface area contributed by atoms with Crippen molar-refractivity contribution in [2.24, 2.45) is 0 Å². The van der Waals surface area contributed by atoms with Crippen LogP contribution in [0, 0.1) is 0 Å². The molecule has 2 heteroatoms. The molecule has 1 aliphatic heterocycles. The molecule has 0 radical (unpaired) electrons. The molecule has 0 N–H and O–H groups in total. The SMILES string of the molecule is CCCCCN1C(=O)C[C@H]1c1ccccc1. The van der Waals surface area contributed by atoms with E-state index in [4.69, 9.17) is 0 Å². The minimum atomic E-state index is 0.310. The Balaban J connectivity index is 1.94. The lowest BCUT2D eigenvalue weighted by Crippen LogP contribution is -2.46. The summed E-state index contributed by atoms with van der Waals surface area (Å²) in [6.07, 6.45) is 4.24. The highest BCUT2D eigenvalue weighted by molar-refractivity contribution is 5.83. The first-order valence-electron chi connectivity index (χ1n) is 6.17. The molecule has 0 saturated carbocycles. The van der Waals surface area contributed by atoms with Gasteiger partial charge in [0, 0.05) is 6.54 Å². The number of rotatable bonds is 5. The van der Waals surface area contributed by atoms with Crippen LogP contribution in [0.5, 0.6) is 0 Å². The first kappa shape index (κ1) is 11.2. The topological polar surface area (TPSA) is 20.3 Å². The van der Waals surface area contributed by atoms with Crippen molar-refractivity contribution in [1.29, 1.82) is 0 Å². The van der Waals surface area contributed by atoms with Crippen molar-refractivity contribution in [1.82, 2.24) is 4.90 Å². The van der Waals surface area contributed by atoms with Gasteiger partial charge in [-0.3, -0.25) is 4.79 Å². The fourth-order valence-corrected chi connectivity index (χ4v) is 2.24. The summed E-state index contributed by atoms with van der Waals surface area (Å²) in [5, 5.41) is 0. The normalized spacial score (nSPS) is 19.7. The van der Waals surface area contributed by atoms with Gasteiger partial charge in [0.1, 0.15) is 0 Å². The molecule has 1 aromatic carbocycles. The van der Waals surface area contributed by atoms with Crippen LogP contribution >= 0.6 is 0 Å². The minimum absolute atomic E-state index is 0.310. The number of benzene rings is 1. The molecule has 2 nitrogen and oxygen atoms in total. The van der Waals surface area contributed by atoms with Crippen LogP contribution in [0.4, 0.5) is 0 Å². The number of carbonyl (C=O) groups excluding carboxylic acids is 1. The maximum atomic E-state index is 11.5. The van der Waals surface area contributed by atoms with Crippen molar-refractivity contribution in [3.63, 3.8) is 0 Å². The van der Waals surface area contributed by atoms with Crippen LogP contribution in [0.2, 0.25) is 0 Å². The summed E-state index contributed by atoms with van der Waals surface area (Å²) < 4.78 is 0. The Hall–Kier alpha value is -1.31. The Morgan fingerprint density at radius 3 is 2.62 bits per heavy atom. The lowest BCUT2D eigenvalue weighted by molar-refractivity contribution is -0.146. The third-order valence-electron chi connectivity index (χ3n) is 3.25. The fraction of sp³-hybridized carbons (Fsp3) is 0.500. The molecule has 1 fully saturated rings. The van der Waals surface area contributed by atoms with E-state index in [0.29, 0.717) is 18.4 Å². The van der Waals surface area contributed by atoms with Crippen LogP contribution in [-0.2, 0) is 4.79 Å². The standard InChI is InChI=1S/C14H19NO/c1-2-3-7-10-15-13(11-14(15)16)12-8-5-4-6-9-12/h4-6,8-9,13H,2-3,7,10-11H2,1H3/t13-/m0/s1. The van der Waals surface area contributed by atoms with Gasteiger partial charge < -0.3 is 4.90 Å². The summed E-state index contributed by atoms with van der Waals surface area (Å²) in [4.78, 5) is 13.6.